The van der Waals surface area contributed by atoms with E-state index in [1.54, 1.807) is 23.9 Å². The van der Waals surface area contributed by atoms with Gasteiger partial charge >= 0.3 is 0 Å². The standard InChI is InChI=1S/C13H12N4O/c1-18-11-4-2-9(3-5-11)10-6-15-13-16-7-12(14)17(13)8-10/h2-8H,14H2,1H3. The second kappa shape index (κ2) is 4.03. The number of nitrogen functional groups attached to an aromatic ring is 1. The molecule has 0 aliphatic heterocycles. The molecule has 3 aromatic rings. The first-order chi connectivity index (χ1) is 8.78. The van der Waals surface area contributed by atoms with Gasteiger partial charge in [-0.1, -0.05) is 12.1 Å². The van der Waals surface area contributed by atoms with Crippen LogP contribution in [0.4, 0.5) is 5.82 Å². The molecular weight excluding hydrogens is 228 g/mol. The summed E-state index contributed by atoms with van der Waals surface area (Å²) in [4.78, 5) is 8.35. The van der Waals surface area contributed by atoms with Gasteiger partial charge in [0.05, 0.1) is 13.3 Å². The Morgan fingerprint density at radius 2 is 1.78 bits per heavy atom. The summed E-state index contributed by atoms with van der Waals surface area (Å²) in [6.45, 7) is 0. The number of aromatic nitrogens is 3. The summed E-state index contributed by atoms with van der Waals surface area (Å²) >= 11 is 0. The van der Waals surface area contributed by atoms with Gasteiger partial charge in [0.1, 0.15) is 11.6 Å². The second-order valence-electron chi connectivity index (χ2n) is 3.92. The molecule has 5 heteroatoms. The van der Waals surface area contributed by atoms with E-state index in [9.17, 15) is 0 Å². The molecule has 0 saturated heterocycles. The molecule has 2 aromatic heterocycles. The molecule has 90 valence electrons. The van der Waals surface area contributed by atoms with Gasteiger partial charge in [-0.3, -0.25) is 4.40 Å². The number of ether oxygens (including phenoxy) is 1. The molecule has 0 atom stereocenters. The number of benzene rings is 1. The number of nitrogens with zero attached hydrogens (tertiary/aromatic N) is 3. The molecule has 0 radical (unpaired) electrons. The molecule has 0 fully saturated rings. The summed E-state index contributed by atoms with van der Waals surface area (Å²) < 4.78 is 6.89. The highest BCUT2D eigenvalue weighted by Crippen LogP contribution is 2.22. The van der Waals surface area contributed by atoms with Gasteiger partial charge in [0.15, 0.2) is 0 Å². The third kappa shape index (κ3) is 1.66. The van der Waals surface area contributed by atoms with Crippen molar-refractivity contribution in [3.63, 3.8) is 0 Å². The minimum atomic E-state index is 0.577. The van der Waals surface area contributed by atoms with E-state index in [-0.39, 0.29) is 0 Å². The first-order valence-electron chi connectivity index (χ1n) is 5.51. The van der Waals surface area contributed by atoms with Crippen molar-refractivity contribution in [3.05, 3.63) is 42.9 Å². The smallest absolute Gasteiger partial charge is 0.235 e. The van der Waals surface area contributed by atoms with E-state index >= 15 is 0 Å². The van der Waals surface area contributed by atoms with Gasteiger partial charge in [0.2, 0.25) is 5.78 Å². The van der Waals surface area contributed by atoms with Crippen LogP contribution < -0.4 is 10.5 Å². The van der Waals surface area contributed by atoms with Crippen LogP contribution in [-0.2, 0) is 0 Å². The quantitative estimate of drug-likeness (QED) is 0.744. The zero-order valence-corrected chi connectivity index (χ0v) is 9.87. The van der Waals surface area contributed by atoms with Crippen molar-refractivity contribution in [1.82, 2.24) is 14.4 Å². The fraction of sp³-hybridized carbons (Fsp3) is 0.0769. The Morgan fingerprint density at radius 3 is 2.50 bits per heavy atom. The molecule has 1 aromatic carbocycles. The van der Waals surface area contributed by atoms with E-state index in [0.717, 1.165) is 16.9 Å². The van der Waals surface area contributed by atoms with E-state index in [0.29, 0.717) is 11.6 Å². The zero-order chi connectivity index (χ0) is 12.5. The average molecular weight is 240 g/mol. The van der Waals surface area contributed by atoms with Gasteiger partial charge in [-0.2, -0.15) is 0 Å². The summed E-state index contributed by atoms with van der Waals surface area (Å²) in [5, 5.41) is 0. The van der Waals surface area contributed by atoms with Crippen LogP contribution in [0.15, 0.2) is 42.9 Å². The largest absolute Gasteiger partial charge is 0.497 e. The van der Waals surface area contributed by atoms with Crippen molar-refractivity contribution in [2.24, 2.45) is 0 Å². The van der Waals surface area contributed by atoms with E-state index in [1.165, 1.54) is 0 Å². The van der Waals surface area contributed by atoms with Gasteiger partial charge < -0.3 is 10.5 Å². The lowest BCUT2D eigenvalue weighted by Gasteiger charge is -2.04. The number of hydrogen-bond donors (Lipinski definition) is 1. The number of imidazole rings is 1. The Labute approximate surface area is 104 Å². The van der Waals surface area contributed by atoms with Crippen LogP contribution in [0.2, 0.25) is 0 Å². The summed E-state index contributed by atoms with van der Waals surface area (Å²) in [6.07, 6.45) is 5.30. The molecule has 2 N–H and O–H groups in total. The molecule has 0 amide bonds. The topological polar surface area (TPSA) is 65.4 Å². The highest BCUT2D eigenvalue weighted by atomic mass is 16.5. The van der Waals surface area contributed by atoms with Crippen LogP contribution in [-0.4, -0.2) is 21.5 Å². The Hall–Kier alpha value is -2.56. The van der Waals surface area contributed by atoms with E-state index in [1.807, 2.05) is 30.5 Å². The molecule has 2 heterocycles. The number of nitrogens with two attached hydrogens (primary N) is 1. The maximum absolute atomic E-state index is 5.81. The van der Waals surface area contributed by atoms with Crippen LogP contribution in [0, 0.1) is 0 Å². The summed E-state index contributed by atoms with van der Waals surface area (Å²) in [5.74, 6) is 2.01. The van der Waals surface area contributed by atoms with Gasteiger partial charge in [0, 0.05) is 18.0 Å². The molecule has 5 nitrogen and oxygen atoms in total. The van der Waals surface area contributed by atoms with Crippen molar-refractivity contribution < 1.29 is 4.74 Å². The molecule has 0 bridgehead atoms. The normalized spacial score (nSPS) is 10.7. The molecule has 3 rings (SSSR count). The van der Waals surface area contributed by atoms with E-state index < -0.39 is 0 Å². The Bertz CT molecular complexity index is 688. The number of hydrogen-bond acceptors (Lipinski definition) is 4. The molecule has 0 aliphatic carbocycles. The average Bonchev–Trinajstić information content (AvgIpc) is 2.80. The first kappa shape index (κ1) is 10.6. The van der Waals surface area contributed by atoms with Crippen molar-refractivity contribution in [1.29, 1.82) is 0 Å². The van der Waals surface area contributed by atoms with Crippen LogP contribution in [0.1, 0.15) is 0 Å². The highest BCUT2D eigenvalue weighted by molar-refractivity contribution is 5.64. The van der Waals surface area contributed by atoms with E-state index in [2.05, 4.69) is 9.97 Å². The lowest BCUT2D eigenvalue weighted by atomic mass is 10.1. The lowest BCUT2D eigenvalue weighted by molar-refractivity contribution is 0.415. The number of anilines is 1. The van der Waals surface area contributed by atoms with E-state index in [4.69, 9.17) is 10.5 Å². The fourth-order valence-corrected chi connectivity index (χ4v) is 1.82. The van der Waals surface area contributed by atoms with Crippen molar-refractivity contribution >= 4 is 11.6 Å². The molecule has 0 saturated carbocycles. The third-order valence-corrected chi connectivity index (χ3v) is 2.82. The van der Waals surface area contributed by atoms with Gasteiger partial charge in [-0.25, -0.2) is 9.97 Å². The van der Waals surface area contributed by atoms with Crippen molar-refractivity contribution in [3.8, 4) is 16.9 Å². The molecule has 18 heavy (non-hydrogen) atoms. The van der Waals surface area contributed by atoms with Gasteiger partial charge in [-0.05, 0) is 17.7 Å². The Kier molecular flexibility index (Phi) is 2.37. The minimum Gasteiger partial charge on any atom is -0.497 e. The lowest BCUT2D eigenvalue weighted by Crippen LogP contribution is -1.95. The van der Waals surface area contributed by atoms with Crippen LogP contribution in [0.3, 0.4) is 0 Å². The monoisotopic (exact) mass is 240 g/mol. The zero-order valence-electron chi connectivity index (χ0n) is 9.87. The summed E-state index contributed by atoms with van der Waals surface area (Å²) in [5.41, 5.74) is 7.84. The number of fused-ring (bicyclic) bond motifs is 1. The second-order valence-corrected chi connectivity index (χ2v) is 3.92. The van der Waals surface area contributed by atoms with Crippen molar-refractivity contribution in [2.75, 3.05) is 12.8 Å². The Balaban J connectivity index is 2.09. The minimum absolute atomic E-state index is 0.577. The molecule has 0 spiro atoms. The maximum atomic E-state index is 5.81. The molecule has 0 unspecified atom stereocenters. The SMILES string of the molecule is COc1ccc(-c2cnc3ncc(N)n3c2)cc1. The van der Waals surface area contributed by atoms with Crippen molar-refractivity contribution in [2.45, 2.75) is 0 Å². The fourth-order valence-electron chi connectivity index (χ4n) is 1.82. The van der Waals surface area contributed by atoms with Crippen LogP contribution in [0.25, 0.3) is 16.9 Å². The predicted octanol–water partition coefficient (Wildman–Crippen LogP) is 1.99. The van der Waals surface area contributed by atoms with Crippen LogP contribution >= 0.6 is 0 Å². The predicted molar refractivity (Wildman–Crippen MR) is 69.4 cm³/mol. The Morgan fingerprint density at radius 1 is 1.06 bits per heavy atom. The maximum Gasteiger partial charge on any atom is 0.235 e. The van der Waals surface area contributed by atoms with Gasteiger partial charge in [-0.15, -0.1) is 0 Å². The molecule has 0 aliphatic rings. The van der Waals surface area contributed by atoms with Gasteiger partial charge in [0.25, 0.3) is 0 Å². The summed E-state index contributed by atoms with van der Waals surface area (Å²) in [7, 11) is 1.65. The molecular formula is C13H12N4O. The number of rotatable bonds is 2. The first-order valence-corrected chi connectivity index (χ1v) is 5.51. The summed E-state index contributed by atoms with van der Waals surface area (Å²) in [6, 6.07) is 7.79. The highest BCUT2D eigenvalue weighted by Gasteiger charge is 2.04. The van der Waals surface area contributed by atoms with Crippen LogP contribution in [0.5, 0.6) is 5.75 Å². The number of methoxy groups -OCH3 is 1. The third-order valence-electron chi connectivity index (χ3n) is 2.82.